The average molecular weight is 427 g/mol. The minimum Gasteiger partial charge on any atom is -0.349 e. The normalized spacial score (nSPS) is 14.1. The molecule has 4 N–H and O–H groups in total. The lowest BCUT2D eigenvalue weighted by Gasteiger charge is -2.37. The van der Waals surface area contributed by atoms with Crippen LogP contribution in [-0.2, 0) is 25.7 Å². The predicted octanol–water partition coefficient (Wildman–Crippen LogP) is 1.32. The molecule has 2 heterocycles. The smallest absolute Gasteiger partial charge is 0.346 e. The Kier molecular flexibility index (Phi) is 7.27. The SMILES string of the molecule is CON(C)C(=O)[C@](N)(Cc1cccs1)[C@@H](C(=O)N(OC)C(N)=O)c1cccs1. The van der Waals surface area contributed by atoms with Crippen LogP contribution in [0.25, 0.3) is 0 Å². The van der Waals surface area contributed by atoms with Crippen LogP contribution >= 0.6 is 22.7 Å². The zero-order valence-electron chi connectivity index (χ0n) is 15.7. The van der Waals surface area contributed by atoms with Gasteiger partial charge in [0.25, 0.3) is 11.8 Å². The summed E-state index contributed by atoms with van der Waals surface area (Å²) in [7, 11) is 3.85. The number of hydrogen-bond acceptors (Lipinski definition) is 8. The number of nitrogens with two attached hydrogens (primary N) is 2. The maximum Gasteiger partial charge on any atom is 0.346 e. The van der Waals surface area contributed by atoms with Gasteiger partial charge < -0.3 is 11.5 Å². The van der Waals surface area contributed by atoms with Crippen LogP contribution in [0.4, 0.5) is 4.79 Å². The molecule has 0 aliphatic carbocycles. The van der Waals surface area contributed by atoms with Crippen LogP contribution in [0.2, 0.25) is 0 Å². The summed E-state index contributed by atoms with van der Waals surface area (Å²) in [5.41, 5.74) is 10.1. The van der Waals surface area contributed by atoms with Gasteiger partial charge in [-0.3, -0.25) is 19.3 Å². The lowest BCUT2D eigenvalue weighted by molar-refractivity contribution is -0.180. The Bertz CT molecular complexity index is 812. The van der Waals surface area contributed by atoms with E-state index in [1.54, 1.807) is 17.5 Å². The van der Waals surface area contributed by atoms with Gasteiger partial charge in [-0.2, -0.15) is 0 Å². The van der Waals surface area contributed by atoms with Crippen molar-refractivity contribution >= 4 is 40.5 Å². The predicted molar refractivity (Wildman–Crippen MR) is 105 cm³/mol. The molecule has 0 bridgehead atoms. The van der Waals surface area contributed by atoms with E-state index < -0.39 is 29.3 Å². The van der Waals surface area contributed by atoms with Gasteiger partial charge in [-0.05, 0) is 22.9 Å². The summed E-state index contributed by atoms with van der Waals surface area (Å²) in [6.45, 7) is 0. The summed E-state index contributed by atoms with van der Waals surface area (Å²) in [5, 5.41) is 4.95. The Balaban J connectivity index is 2.62. The number of nitrogens with zero attached hydrogens (tertiary/aromatic N) is 2. The number of rotatable bonds is 8. The molecule has 0 unspecified atom stereocenters. The molecule has 0 radical (unpaired) electrons. The first-order valence-electron chi connectivity index (χ1n) is 8.10. The molecule has 2 atom stereocenters. The molecule has 152 valence electrons. The highest BCUT2D eigenvalue weighted by Gasteiger charge is 2.51. The molecule has 2 rings (SSSR count). The summed E-state index contributed by atoms with van der Waals surface area (Å²) in [6, 6.07) is 5.90. The van der Waals surface area contributed by atoms with Gasteiger partial charge in [0.2, 0.25) is 0 Å². The van der Waals surface area contributed by atoms with Gasteiger partial charge in [0.05, 0.1) is 14.2 Å². The van der Waals surface area contributed by atoms with Crippen LogP contribution < -0.4 is 11.5 Å². The molecule has 2 aromatic rings. The van der Waals surface area contributed by atoms with E-state index in [2.05, 4.69) is 0 Å². The van der Waals surface area contributed by atoms with Crippen LogP contribution in [0.5, 0.6) is 0 Å². The lowest BCUT2D eigenvalue weighted by atomic mass is 9.78. The minimum atomic E-state index is -1.76. The largest absolute Gasteiger partial charge is 0.349 e. The maximum absolute atomic E-state index is 13.2. The number of carbonyl (C=O) groups is 3. The molecule has 9 nitrogen and oxygen atoms in total. The number of hydrogen-bond donors (Lipinski definition) is 2. The summed E-state index contributed by atoms with van der Waals surface area (Å²) in [4.78, 5) is 49.3. The van der Waals surface area contributed by atoms with Crippen LogP contribution in [0, 0.1) is 0 Å². The topological polar surface area (TPSA) is 128 Å². The number of thiophene rings is 2. The second-order valence-corrected chi connectivity index (χ2v) is 7.90. The van der Waals surface area contributed by atoms with Gasteiger partial charge in [-0.25, -0.2) is 9.86 Å². The van der Waals surface area contributed by atoms with Crippen molar-refractivity contribution in [3.63, 3.8) is 0 Å². The number of amides is 4. The van der Waals surface area contributed by atoms with Crippen molar-refractivity contribution in [3.05, 3.63) is 44.8 Å². The first-order chi connectivity index (χ1) is 13.3. The second-order valence-electron chi connectivity index (χ2n) is 5.88. The van der Waals surface area contributed by atoms with Crippen LogP contribution in [0.15, 0.2) is 35.0 Å². The number of likely N-dealkylation sites (N-methyl/N-ethyl adjacent to an activating group) is 1. The van der Waals surface area contributed by atoms with Gasteiger partial charge in [0, 0.05) is 23.2 Å². The van der Waals surface area contributed by atoms with Crippen LogP contribution in [-0.4, -0.2) is 54.8 Å². The Labute approximate surface area is 170 Å². The van der Waals surface area contributed by atoms with Crippen LogP contribution in [0.1, 0.15) is 15.7 Å². The van der Waals surface area contributed by atoms with E-state index in [0.717, 1.165) is 17.1 Å². The Morgan fingerprint density at radius 2 is 1.79 bits per heavy atom. The van der Waals surface area contributed by atoms with E-state index in [1.165, 1.54) is 36.8 Å². The maximum atomic E-state index is 13.2. The number of primary amides is 1. The second kappa shape index (κ2) is 9.26. The van der Waals surface area contributed by atoms with E-state index in [0.29, 0.717) is 9.94 Å². The van der Waals surface area contributed by atoms with Crippen molar-refractivity contribution < 1.29 is 24.1 Å². The van der Waals surface area contributed by atoms with Crippen molar-refractivity contribution in [1.29, 1.82) is 0 Å². The molecular formula is C17H22N4O5S2. The molecule has 0 fully saturated rings. The zero-order valence-corrected chi connectivity index (χ0v) is 17.3. The highest BCUT2D eigenvalue weighted by atomic mass is 32.1. The third kappa shape index (κ3) is 4.39. The Morgan fingerprint density at radius 1 is 1.14 bits per heavy atom. The summed E-state index contributed by atoms with van der Waals surface area (Å²) in [5.74, 6) is -2.70. The summed E-state index contributed by atoms with van der Waals surface area (Å²) < 4.78 is 0. The van der Waals surface area contributed by atoms with Crippen molar-refractivity contribution in [2.75, 3.05) is 21.3 Å². The zero-order chi connectivity index (χ0) is 20.9. The molecule has 0 aromatic carbocycles. The van der Waals surface area contributed by atoms with Crippen molar-refractivity contribution in [3.8, 4) is 0 Å². The Morgan fingerprint density at radius 3 is 2.25 bits per heavy atom. The number of carbonyl (C=O) groups excluding carboxylic acids is 3. The monoisotopic (exact) mass is 426 g/mol. The Hall–Kier alpha value is -2.31. The number of urea groups is 1. The van der Waals surface area contributed by atoms with E-state index in [-0.39, 0.29) is 6.42 Å². The molecule has 0 aliphatic rings. The molecule has 0 saturated carbocycles. The molecule has 0 aliphatic heterocycles. The molecule has 11 heteroatoms. The first kappa shape index (κ1) is 22.0. The van der Waals surface area contributed by atoms with Crippen LogP contribution in [0.3, 0.4) is 0 Å². The highest BCUT2D eigenvalue weighted by molar-refractivity contribution is 7.10. The fraction of sp³-hybridized carbons (Fsp3) is 0.353. The fourth-order valence-corrected chi connectivity index (χ4v) is 4.57. The third-order valence-electron chi connectivity index (χ3n) is 4.18. The van der Waals surface area contributed by atoms with E-state index >= 15 is 0 Å². The van der Waals surface area contributed by atoms with Gasteiger partial charge in [-0.1, -0.05) is 12.1 Å². The van der Waals surface area contributed by atoms with E-state index in [9.17, 15) is 14.4 Å². The van der Waals surface area contributed by atoms with Gasteiger partial charge in [0.1, 0.15) is 11.5 Å². The lowest BCUT2D eigenvalue weighted by Crippen LogP contribution is -2.63. The minimum absolute atomic E-state index is 0.0435. The van der Waals surface area contributed by atoms with E-state index in [4.69, 9.17) is 21.1 Å². The molecule has 4 amide bonds. The van der Waals surface area contributed by atoms with Gasteiger partial charge >= 0.3 is 6.03 Å². The number of hydroxylamine groups is 4. The molecule has 2 aromatic heterocycles. The summed E-state index contributed by atoms with van der Waals surface area (Å²) >= 11 is 2.63. The standard InChI is InChI=1S/C17H22N4O5S2/c1-20(25-2)15(23)17(19,10-11-6-4-8-27-11)13(12-7-5-9-28-12)14(22)21(26-3)16(18)24/h4-9,13H,10,19H2,1-3H3,(H2,18,24)/t13-,17+/m1/s1. The van der Waals surface area contributed by atoms with Gasteiger partial charge in [0.15, 0.2) is 0 Å². The average Bonchev–Trinajstić information content (AvgIpc) is 3.35. The van der Waals surface area contributed by atoms with Crippen molar-refractivity contribution in [2.45, 2.75) is 17.9 Å². The van der Waals surface area contributed by atoms with Crippen molar-refractivity contribution in [1.82, 2.24) is 10.1 Å². The molecular weight excluding hydrogens is 404 g/mol. The molecule has 0 spiro atoms. The molecule has 28 heavy (non-hydrogen) atoms. The first-order valence-corrected chi connectivity index (χ1v) is 9.86. The van der Waals surface area contributed by atoms with Crippen molar-refractivity contribution in [2.24, 2.45) is 11.5 Å². The van der Waals surface area contributed by atoms with Gasteiger partial charge in [-0.15, -0.1) is 27.7 Å². The number of imide groups is 1. The molecule has 0 saturated heterocycles. The fourth-order valence-electron chi connectivity index (χ4n) is 2.84. The van der Waals surface area contributed by atoms with E-state index in [1.807, 2.05) is 17.5 Å². The summed E-state index contributed by atoms with van der Waals surface area (Å²) in [6.07, 6.45) is 0.0435. The third-order valence-corrected chi connectivity index (χ3v) is 5.99. The quantitative estimate of drug-likeness (QED) is 0.613. The highest BCUT2D eigenvalue weighted by Crippen LogP contribution is 2.36.